The quantitative estimate of drug-likeness (QED) is 0.687. The van der Waals surface area contributed by atoms with Crippen molar-refractivity contribution in [1.82, 2.24) is 10.2 Å². The summed E-state index contributed by atoms with van der Waals surface area (Å²) in [4.78, 5) is 10.9. The SMILES string of the molecule is COC(=O)CC(O)C(O)c1ccc(C)nn1. The Bertz CT molecular complexity index is 352. The summed E-state index contributed by atoms with van der Waals surface area (Å²) in [5, 5.41) is 26.7. The summed E-state index contributed by atoms with van der Waals surface area (Å²) in [6, 6.07) is 3.21. The van der Waals surface area contributed by atoms with E-state index in [4.69, 9.17) is 0 Å². The molecule has 2 atom stereocenters. The van der Waals surface area contributed by atoms with E-state index in [1.54, 1.807) is 19.1 Å². The molecule has 0 saturated carbocycles. The molecular formula is C10H14N2O4. The molecule has 0 radical (unpaired) electrons. The fourth-order valence-corrected chi connectivity index (χ4v) is 1.13. The molecule has 88 valence electrons. The third kappa shape index (κ3) is 3.25. The molecule has 1 heterocycles. The molecule has 0 aliphatic carbocycles. The van der Waals surface area contributed by atoms with Crippen LogP contribution < -0.4 is 0 Å². The number of aryl methyl sites for hydroxylation is 1. The van der Waals surface area contributed by atoms with Gasteiger partial charge in [-0.05, 0) is 19.1 Å². The first kappa shape index (κ1) is 12.5. The zero-order chi connectivity index (χ0) is 12.1. The van der Waals surface area contributed by atoms with Crippen LogP contribution in [0.4, 0.5) is 0 Å². The Morgan fingerprint density at radius 3 is 2.62 bits per heavy atom. The number of methoxy groups -OCH3 is 1. The van der Waals surface area contributed by atoms with Crippen LogP contribution in [-0.4, -0.2) is 39.6 Å². The maximum absolute atomic E-state index is 10.9. The van der Waals surface area contributed by atoms with Gasteiger partial charge in [0.1, 0.15) is 6.10 Å². The third-order valence-corrected chi connectivity index (χ3v) is 2.09. The smallest absolute Gasteiger partial charge is 0.308 e. The fraction of sp³-hybridized carbons (Fsp3) is 0.500. The van der Waals surface area contributed by atoms with E-state index in [1.807, 2.05) is 0 Å². The molecule has 0 aliphatic heterocycles. The molecule has 6 heteroatoms. The standard InChI is InChI=1S/C10H14N2O4/c1-6-3-4-7(12-11-6)10(15)8(13)5-9(14)16-2/h3-4,8,10,13,15H,5H2,1-2H3. The van der Waals surface area contributed by atoms with Crippen molar-refractivity contribution < 1.29 is 19.7 Å². The van der Waals surface area contributed by atoms with Crippen molar-refractivity contribution in [3.05, 3.63) is 23.5 Å². The number of carbonyl (C=O) groups excluding carboxylic acids is 1. The fourth-order valence-electron chi connectivity index (χ4n) is 1.13. The number of ether oxygens (including phenoxy) is 1. The molecule has 0 aromatic carbocycles. The Labute approximate surface area is 92.9 Å². The number of aliphatic hydroxyl groups is 2. The minimum Gasteiger partial charge on any atom is -0.469 e. The molecule has 0 spiro atoms. The second-order valence-corrected chi connectivity index (χ2v) is 3.39. The predicted molar refractivity (Wildman–Crippen MR) is 54.4 cm³/mol. The Morgan fingerprint density at radius 2 is 2.12 bits per heavy atom. The maximum atomic E-state index is 10.9. The van der Waals surface area contributed by atoms with Gasteiger partial charge < -0.3 is 14.9 Å². The number of hydrogen-bond donors (Lipinski definition) is 2. The van der Waals surface area contributed by atoms with Gasteiger partial charge in [0.05, 0.1) is 31.0 Å². The largest absolute Gasteiger partial charge is 0.469 e. The van der Waals surface area contributed by atoms with Crippen molar-refractivity contribution in [1.29, 1.82) is 0 Å². The van der Waals surface area contributed by atoms with E-state index in [-0.39, 0.29) is 12.1 Å². The van der Waals surface area contributed by atoms with Crippen LogP contribution in [0.2, 0.25) is 0 Å². The van der Waals surface area contributed by atoms with Crippen molar-refractivity contribution in [2.45, 2.75) is 25.6 Å². The summed E-state index contributed by atoms with van der Waals surface area (Å²) in [6.07, 6.45) is -2.77. The van der Waals surface area contributed by atoms with Crippen molar-refractivity contribution in [2.24, 2.45) is 0 Å². The van der Waals surface area contributed by atoms with Gasteiger partial charge in [-0.2, -0.15) is 10.2 Å². The maximum Gasteiger partial charge on any atom is 0.308 e. The Hall–Kier alpha value is -1.53. The monoisotopic (exact) mass is 226 g/mol. The molecule has 6 nitrogen and oxygen atoms in total. The van der Waals surface area contributed by atoms with Crippen LogP contribution in [-0.2, 0) is 9.53 Å². The van der Waals surface area contributed by atoms with Gasteiger partial charge in [-0.1, -0.05) is 0 Å². The first-order valence-electron chi connectivity index (χ1n) is 4.77. The molecule has 0 fully saturated rings. The lowest BCUT2D eigenvalue weighted by molar-refractivity contribution is -0.144. The highest BCUT2D eigenvalue weighted by molar-refractivity contribution is 5.69. The molecule has 1 aromatic rings. The molecule has 16 heavy (non-hydrogen) atoms. The molecule has 0 saturated heterocycles. The van der Waals surface area contributed by atoms with Gasteiger partial charge in [-0.25, -0.2) is 0 Å². The van der Waals surface area contributed by atoms with Crippen LogP contribution >= 0.6 is 0 Å². The Morgan fingerprint density at radius 1 is 1.44 bits per heavy atom. The summed E-state index contributed by atoms with van der Waals surface area (Å²) in [5.74, 6) is -0.591. The number of hydrogen-bond acceptors (Lipinski definition) is 6. The summed E-state index contributed by atoms with van der Waals surface area (Å²) >= 11 is 0. The van der Waals surface area contributed by atoms with Crippen LogP contribution in [0.1, 0.15) is 23.9 Å². The van der Waals surface area contributed by atoms with E-state index in [1.165, 1.54) is 7.11 Å². The third-order valence-electron chi connectivity index (χ3n) is 2.09. The van der Waals surface area contributed by atoms with Crippen molar-refractivity contribution >= 4 is 5.97 Å². The van der Waals surface area contributed by atoms with Crippen LogP contribution in [0.15, 0.2) is 12.1 Å². The minimum absolute atomic E-state index is 0.224. The van der Waals surface area contributed by atoms with Gasteiger partial charge in [0.2, 0.25) is 0 Å². The normalized spacial score (nSPS) is 14.2. The van der Waals surface area contributed by atoms with Crippen molar-refractivity contribution in [2.75, 3.05) is 7.11 Å². The van der Waals surface area contributed by atoms with Crippen LogP contribution in [0.25, 0.3) is 0 Å². The number of aromatic nitrogens is 2. The van der Waals surface area contributed by atoms with Gasteiger partial charge >= 0.3 is 5.97 Å². The van der Waals surface area contributed by atoms with Gasteiger partial charge in [-0.3, -0.25) is 4.79 Å². The summed E-state index contributed by atoms with van der Waals surface area (Å²) in [5.41, 5.74) is 0.931. The van der Waals surface area contributed by atoms with Gasteiger partial charge in [-0.15, -0.1) is 0 Å². The molecule has 1 rings (SSSR count). The molecule has 0 aliphatic rings. The topological polar surface area (TPSA) is 92.5 Å². The molecule has 2 N–H and O–H groups in total. The second kappa shape index (κ2) is 5.53. The minimum atomic E-state index is -1.25. The molecule has 1 aromatic heterocycles. The predicted octanol–water partition coefficient (Wildman–Crippen LogP) is -0.258. The Kier molecular flexibility index (Phi) is 4.33. The molecule has 0 bridgehead atoms. The first-order chi connectivity index (χ1) is 7.54. The van der Waals surface area contributed by atoms with Crippen molar-refractivity contribution in [3.8, 4) is 0 Å². The van der Waals surface area contributed by atoms with E-state index in [0.29, 0.717) is 5.69 Å². The Balaban J connectivity index is 2.66. The number of nitrogens with zero attached hydrogens (tertiary/aromatic N) is 2. The van der Waals surface area contributed by atoms with Crippen molar-refractivity contribution in [3.63, 3.8) is 0 Å². The lowest BCUT2D eigenvalue weighted by Gasteiger charge is -2.15. The number of rotatable bonds is 4. The van der Waals surface area contributed by atoms with E-state index >= 15 is 0 Å². The summed E-state index contributed by atoms with van der Waals surface area (Å²) in [7, 11) is 1.22. The lowest BCUT2D eigenvalue weighted by Crippen LogP contribution is -2.23. The highest BCUT2D eigenvalue weighted by Crippen LogP contribution is 2.16. The summed E-state index contributed by atoms with van der Waals surface area (Å²) < 4.78 is 4.38. The zero-order valence-corrected chi connectivity index (χ0v) is 9.12. The van der Waals surface area contributed by atoms with E-state index < -0.39 is 18.2 Å². The van der Waals surface area contributed by atoms with Crippen LogP contribution in [0.5, 0.6) is 0 Å². The molecule has 0 amide bonds. The average molecular weight is 226 g/mol. The first-order valence-corrected chi connectivity index (χ1v) is 4.77. The van der Waals surface area contributed by atoms with Gasteiger partial charge in [0.25, 0.3) is 0 Å². The lowest BCUT2D eigenvalue weighted by atomic mass is 10.1. The van der Waals surface area contributed by atoms with Crippen LogP contribution in [0, 0.1) is 6.92 Å². The van der Waals surface area contributed by atoms with E-state index in [2.05, 4.69) is 14.9 Å². The van der Waals surface area contributed by atoms with E-state index in [9.17, 15) is 15.0 Å². The summed E-state index contributed by atoms with van der Waals surface area (Å²) in [6.45, 7) is 1.76. The highest BCUT2D eigenvalue weighted by Gasteiger charge is 2.23. The second-order valence-electron chi connectivity index (χ2n) is 3.39. The molecule has 2 unspecified atom stereocenters. The average Bonchev–Trinajstić information content (AvgIpc) is 2.28. The van der Waals surface area contributed by atoms with E-state index in [0.717, 1.165) is 0 Å². The number of aliphatic hydroxyl groups excluding tert-OH is 2. The van der Waals surface area contributed by atoms with Crippen LogP contribution in [0.3, 0.4) is 0 Å². The van der Waals surface area contributed by atoms with Gasteiger partial charge in [0.15, 0.2) is 0 Å². The highest BCUT2D eigenvalue weighted by atomic mass is 16.5. The van der Waals surface area contributed by atoms with Gasteiger partial charge in [0, 0.05) is 0 Å². The zero-order valence-electron chi connectivity index (χ0n) is 9.12. The molecular weight excluding hydrogens is 212 g/mol. The number of carbonyl (C=O) groups is 1. The number of esters is 1.